The number of benzene rings is 2. The van der Waals surface area contributed by atoms with Crippen molar-refractivity contribution in [3.05, 3.63) is 59.1 Å². The average molecular weight is 363 g/mol. The molecule has 0 unspecified atom stereocenters. The molecular weight excluding hydrogens is 344 g/mol. The Morgan fingerprint density at radius 1 is 1.21 bits per heavy atom. The van der Waals surface area contributed by atoms with Gasteiger partial charge >= 0.3 is 0 Å². The summed E-state index contributed by atoms with van der Waals surface area (Å²) in [4.78, 5) is 12.4. The Labute approximate surface area is 150 Å². The predicted molar refractivity (Wildman–Crippen MR) is 98.8 cm³/mol. The molecule has 1 fully saturated rings. The summed E-state index contributed by atoms with van der Waals surface area (Å²) >= 11 is 8.02. The van der Waals surface area contributed by atoms with Crippen LogP contribution in [-0.2, 0) is 4.79 Å². The number of nitrogens with one attached hydrogen (secondary N) is 1. The van der Waals surface area contributed by atoms with Crippen molar-refractivity contribution in [2.45, 2.75) is 17.7 Å². The van der Waals surface area contributed by atoms with Gasteiger partial charge in [0.15, 0.2) is 0 Å². The van der Waals surface area contributed by atoms with Crippen molar-refractivity contribution in [2.24, 2.45) is 5.73 Å². The highest BCUT2D eigenvalue weighted by Gasteiger charge is 2.28. The van der Waals surface area contributed by atoms with Crippen LogP contribution in [0.2, 0.25) is 5.02 Å². The number of hydrogen-bond donors (Lipinski definition) is 2. The molecule has 4 nitrogen and oxygen atoms in total. The molecule has 6 heteroatoms. The first-order valence-electron chi connectivity index (χ1n) is 7.82. The van der Waals surface area contributed by atoms with Gasteiger partial charge in [-0.3, -0.25) is 4.79 Å². The van der Waals surface area contributed by atoms with E-state index in [1.807, 2.05) is 42.5 Å². The predicted octanol–water partition coefficient (Wildman–Crippen LogP) is 3.75. The summed E-state index contributed by atoms with van der Waals surface area (Å²) in [5.41, 5.74) is 6.48. The van der Waals surface area contributed by atoms with Crippen molar-refractivity contribution in [2.75, 3.05) is 12.3 Å². The van der Waals surface area contributed by atoms with Crippen molar-refractivity contribution in [3.63, 3.8) is 0 Å². The van der Waals surface area contributed by atoms with Gasteiger partial charge in [0, 0.05) is 17.6 Å². The van der Waals surface area contributed by atoms with Crippen LogP contribution in [0.5, 0.6) is 11.5 Å². The maximum absolute atomic E-state index is 12.4. The van der Waals surface area contributed by atoms with Crippen molar-refractivity contribution >= 4 is 29.3 Å². The van der Waals surface area contributed by atoms with Gasteiger partial charge in [-0.25, -0.2) is 0 Å². The Kier molecular flexibility index (Phi) is 5.66. The Hall–Kier alpha value is -1.69. The molecule has 1 aliphatic heterocycles. The molecule has 0 bridgehead atoms. The van der Waals surface area contributed by atoms with Gasteiger partial charge in [0.2, 0.25) is 5.91 Å². The minimum absolute atomic E-state index is 0.0356. The molecule has 24 heavy (non-hydrogen) atoms. The van der Waals surface area contributed by atoms with E-state index >= 15 is 0 Å². The molecule has 0 radical (unpaired) electrons. The fourth-order valence-corrected chi connectivity index (χ4v) is 4.17. The molecule has 1 heterocycles. The first kappa shape index (κ1) is 17.1. The highest BCUT2D eigenvalue weighted by Crippen LogP contribution is 2.38. The summed E-state index contributed by atoms with van der Waals surface area (Å²) in [6.07, 6.45) is 0.871. The van der Waals surface area contributed by atoms with Crippen LogP contribution in [0, 0.1) is 0 Å². The first-order valence-corrected chi connectivity index (χ1v) is 9.24. The summed E-state index contributed by atoms with van der Waals surface area (Å²) in [5.74, 6) is 2.22. The van der Waals surface area contributed by atoms with E-state index in [1.165, 1.54) is 0 Å². The molecule has 1 aliphatic rings. The summed E-state index contributed by atoms with van der Waals surface area (Å²) in [5, 5.41) is 3.19. The Morgan fingerprint density at radius 3 is 2.71 bits per heavy atom. The van der Waals surface area contributed by atoms with Gasteiger partial charge in [-0.05, 0) is 42.0 Å². The number of nitrogens with two attached hydrogens (primary N) is 1. The zero-order valence-electron chi connectivity index (χ0n) is 13.1. The molecule has 2 aromatic rings. The van der Waals surface area contributed by atoms with Gasteiger partial charge in [0.05, 0.1) is 0 Å². The molecule has 0 spiro atoms. The van der Waals surface area contributed by atoms with Gasteiger partial charge in [0.1, 0.15) is 16.7 Å². The third kappa shape index (κ3) is 4.04. The second-order valence-electron chi connectivity index (χ2n) is 5.58. The summed E-state index contributed by atoms with van der Waals surface area (Å²) < 4.78 is 5.78. The summed E-state index contributed by atoms with van der Waals surface area (Å²) in [6.45, 7) is 0.455. The van der Waals surface area contributed by atoms with Crippen molar-refractivity contribution in [1.29, 1.82) is 0 Å². The van der Waals surface area contributed by atoms with Crippen LogP contribution in [-0.4, -0.2) is 24.2 Å². The maximum Gasteiger partial charge on any atom is 0.237 e. The van der Waals surface area contributed by atoms with E-state index in [4.69, 9.17) is 22.1 Å². The molecule has 0 aliphatic carbocycles. The van der Waals surface area contributed by atoms with E-state index in [0.29, 0.717) is 17.3 Å². The molecular formula is C18H19ClN2O2S. The number of halogens is 1. The molecule has 2 aromatic carbocycles. The third-order valence-electron chi connectivity index (χ3n) is 3.85. The Morgan fingerprint density at radius 2 is 2.00 bits per heavy atom. The summed E-state index contributed by atoms with van der Waals surface area (Å²) in [7, 11) is 0. The Bertz CT molecular complexity index is 711. The fraction of sp³-hybridized carbons (Fsp3) is 0.278. The fourth-order valence-electron chi connectivity index (χ4n) is 2.57. The SMILES string of the molecule is NC[C@@H]1CCS[C@H](c2ccc(Oc3ccccc3)cc2Cl)C(=O)N1. The summed E-state index contributed by atoms with van der Waals surface area (Å²) in [6, 6.07) is 15.0. The average Bonchev–Trinajstić information content (AvgIpc) is 2.77. The van der Waals surface area contributed by atoms with E-state index in [0.717, 1.165) is 23.5 Å². The van der Waals surface area contributed by atoms with E-state index in [1.54, 1.807) is 17.8 Å². The molecule has 126 valence electrons. The van der Waals surface area contributed by atoms with Crippen LogP contribution in [0.1, 0.15) is 17.2 Å². The first-order chi connectivity index (χ1) is 11.7. The highest BCUT2D eigenvalue weighted by atomic mass is 35.5. The topological polar surface area (TPSA) is 64.3 Å². The van der Waals surface area contributed by atoms with Gasteiger partial charge in [-0.2, -0.15) is 0 Å². The highest BCUT2D eigenvalue weighted by molar-refractivity contribution is 8.00. The maximum atomic E-state index is 12.4. The van der Waals surface area contributed by atoms with Crippen molar-refractivity contribution < 1.29 is 9.53 Å². The molecule has 1 amide bonds. The number of ether oxygens (including phenoxy) is 1. The third-order valence-corrected chi connectivity index (χ3v) is 5.45. The van der Waals surface area contributed by atoms with Gasteiger partial charge in [-0.15, -0.1) is 11.8 Å². The number of amides is 1. The number of thioether (sulfide) groups is 1. The smallest absolute Gasteiger partial charge is 0.237 e. The second kappa shape index (κ2) is 7.92. The zero-order valence-corrected chi connectivity index (χ0v) is 14.6. The largest absolute Gasteiger partial charge is 0.457 e. The van der Waals surface area contributed by atoms with Gasteiger partial charge < -0.3 is 15.8 Å². The van der Waals surface area contributed by atoms with Crippen LogP contribution >= 0.6 is 23.4 Å². The van der Waals surface area contributed by atoms with Crippen LogP contribution < -0.4 is 15.8 Å². The molecule has 1 saturated heterocycles. The zero-order chi connectivity index (χ0) is 16.9. The van der Waals surface area contributed by atoms with Crippen molar-refractivity contribution in [1.82, 2.24) is 5.32 Å². The lowest BCUT2D eigenvalue weighted by atomic mass is 10.1. The lowest BCUT2D eigenvalue weighted by Gasteiger charge is -2.17. The normalized spacial score (nSPS) is 21.0. The van der Waals surface area contributed by atoms with Gasteiger partial charge in [0.25, 0.3) is 0 Å². The lowest BCUT2D eigenvalue weighted by Crippen LogP contribution is -2.40. The quantitative estimate of drug-likeness (QED) is 0.869. The number of rotatable bonds is 4. The molecule has 2 atom stereocenters. The van der Waals surface area contributed by atoms with E-state index < -0.39 is 0 Å². The number of para-hydroxylation sites is 1. The number of hydrogen-bond acceptors (Lipinski definition) is 4. The minimum Gasteiger partial charge on any atom is -0.457 e. The standard InChI is InChI=1S/C18H19ClN2O2S/c19-16-10-14(23-13-4-2-1-3-5-13)6-7-15(16)17-18(22)21-12(11-20)8-9-24-17/h1-7,10,12,17H,8-9,11,20H2,(H,21,22)/t12-,17+/m0/s1. The number of carbonyl (C=O) groups is 1. The second-order valence-corrected chi connectivity index (χ2v) is 7.20. The van der Waals surface area contributed by atoms with E-state index in [2.05, 4.69) is 5.32 Å². The van der Waals surface area contributed by atoms with Crippen LogP contribution in [0.4, 0.5) is 0 Å². The molecule has 3 rings (SSSR count). The van der Waals surface area contributed by atoms with Crippen LogP contribution in [0.15, 0.2) is 48.5 Å². The van der Waals surface area contributed by atoms with E-state index in [-0.39, 0.29) is 17.2 Å². The number of carbonyl (C=O) groups excluding carboxylic acids is 1. The van der Waals surface area contributed by atoms with E-state index in [9.17, 15) is 4.79 Å². The Balaban J connectivity index is 1.78. The van der Waals surface area contributed by atoms with Crippen LogP contribution in [0.3, 0.4) is 0 Å². The van der Waals surface area contributed by atoms with Gasteiger partial charge in [-0.1, -0.05) is 35.9 Å². The molecule has 3 N–H and O–H groups in total. The lowest BCUT2D eigenvalue weighted by molar-refractivity contribution is -0.121. The molecule has 0 aromatic heterocycles. The molecule has 0 saturated carbocycles. The van der Waals surface area contributed by atoms with Crippen LogP contribution in [0.25, 0.3) is 0 Å². The monoisotopic (exact) mass is 362 g/mol. The van der Waals surface area contributed by atoms with Crippen molar-refractivity contribution in [3.8, 4) is 11.5 Å². The minimum atomic E-state index is -0.320.